The van der Waals surface area contributed by atoms with Crippen molar-refractivity contribution in [2.75, 3.05) is 0 Å². The van der Waals surface area contributed by atoms with Crippen molar-refractivity contribution in [3.05, 3.63) is 53.9 Å². The minimum absolute atomic E-state index is 0.571. The zero-order valence-corrected chi connectivity index (χ0v) is 13.2. The number of nitrogens with zero attached hydrogens (tertiary/aromatic N) is 5. The minimum Gasteiger partial charge on any atom is -0.438 e. The van der Waals surface area contributed by atoms with Crippen molar-refractivity contribution in [3.8, 4) is 17.3 Å². The largest absolute Gasteiger partial charge is 0.438 e. The Bertz CT molecular complexity index is 948. The van der Waals surface area contributed by atoms with E-state index in [2.05, 4.69) is 33.3 Å². The molecule has 1 aromatic carbocycles. The van der Waals surface area contributed by atoms with Gasteiger partial charge < -0.3 is 4.74 Å². The monoisotopic (exact) mass is 323 g/mol. The number of thiophene rings is 1. The summed E-state index contributed by atoms with van der Waals surface area (Å²) in [6.07, 6.45) is 5.94. The third kappa shape index (κ3) is 2.66. The molecule has 0 unspecified atom stereocenters. The van der Waals surface area contributed by atoms with Crippen molar-refractivity contribution < 1.29 is 4.74 Å². The molecule has 0 atom stereocenters. The van der Waals surface area contributed by atoms with Crippen LogP contribution in [0.1, 0.15) is 11.8 Å². The topological polar surface area (TPSA) is 65.7 Å². The quantitative estimate of drug-likeness (QED) is 0.574. The highest BCUT2D eigenvalue weighted by Gasteiger charge is 2.10. The van der Waals surface area contributed by atoms with Crippen molar-refractivity contribution in [1.29, 1.82) is 0 Å². The van der Waals surface area contributed by atoms with Crippen LogP contribution >= 0.6 is 11.3 Å². The first-order chi connectivity index (χ1) is 11.3. The summed E-state index contributed by atoms with van der Waals surface area (Å²) < 4.78 is 7.66. The summed E-state index contributed by atoms with van der Waals surface area (Å²) in [5.41, 5.74) is 0.880. The number of ether oxygens (including phenoxy) is 1. The number of hydrogen-bond acceptors (Lipinski definition) is 6. The normalized spacial score (nSPS) is 11.0. The molecular weight excluding hydrogens is 310 g/mol. The smallest absolute Gasteiger partial charge is 0.231 e. The number of aromatic nitrogens is 5. The van der Waals surface area contributed by atoms with Crippen molar-refractivity contribution in [2.45, 2.75) is 13.3 Å². The number of aryl methyl sites for hydroxylation is 1. The van der Waals surface area contributed by atoms with Gasteiger partial charge in [-0.2, -0.15) is 0 Å². The molecule has 23 heavy (non-hydrogen) atoms. The van der Waals surface area contributed by atoms with Crippen LogP contribution < -0.4 is 4.74 Å². The highest BCUT2D eigenvalue weighted by molar-refractivity contribution is 7.18. The van der Waals surface area contributed by atoms with Gasteiger partial charge in [-0.05, 0) is 24.6 Å². The lowest BCUT2D eigenvalue weighted by molar-refractivity contribution is 0.468. The molecule has 0 bridgehead atoms. The number of benzene rings is 1. The first kappa shape index (κ1) is 13.8. The molecule has 4 rings (SSSR count). The molecule has 0 amide bonds. The van der Waals surface area contributed by atoms with Crippen LogP contribution in [0.25, 0.3) is 15.9 Å². The van der Waals surface area contributed by atoms with Crippen LogP contribution in [-0.2, 0) is 6.42 Å². The van der Waals surface area contributed by atoms with E-state index in [-0.39, 0.29) is 0 Å². The third-order valence-corrected chi connectivity index (χ3v) is 4.60. The lowest BCUT2D eigenvalue weighted by Crippen LogP contribution is -1.96. The van der Waals surface area contributed by atoms with Gasteiger partial charge in [0.25, 0.3) is 0 Å². The Morgan fingerprint density at radius 3 is 3.00 bits per heavy atom. The zero-order chi connectivity index (χ0) is 15.6. The molecule has 7 heteroatoms. The van der Waals surface area contributed by atoms with Gasteiger partial charge in [-0.15, -0.1) is 16.4 Å². The molecule has 0 saturated heterocycles. The fourth-order valence-corrected chi connectivity index (χ4v) is 3.21. The van der Waals surface area contributed by atoms with Gasteiger partial charge in [0, 0.05) is 10.9 Å². The molecule has 0 aliphatic rings. The molecular formula is C16H13N5OS. The SMILES string of the molecule is CCc1cc2c(Oc3cccc(-n4ccnn4)c3)ncnc2s1. The Hall–Kier alpha value is -2.80. The molecule has 4 aromatic rings. The summed E-state index contributed by atoms with van der Waals surface area (Å²) in [5.74, 6) is 1.27. The summed E-state index contributed by atoms with van der Waals surface area (Å²) in [4.78, 5) is 10.8. The predicted octanol–water partition coefficient (Wildman–Crippen LogP) is 3.63. The summed E-state index contributed by atoms with van der Waals surface area (Å²) in [6, 6.07) is 9.74. The van der Waals surface area contributed by atoms with Gasteiger partial charge in [-0.3, -0.25) is 0 Å². The van der Waals surface area contributed by atoms with Crippen LogP contribution in [-0.4, -0.2) is 25.0 Å². The number of hydrogen-bond donors (Lipinski definition) is 0. The average Bonchev–Trinajstić information content (AvgIpc) is 3.25. The maximum absolute atomic E-state index is 5.98. The Morgan fingerprint density at radius 1 is 1.22 bits per heavy atom. The van der Waals surface area contributed by atoms with Gasteiger partial charge in [0.1, 0.15) is 16.9 Å². The molecule has 3 heterocycles. The summed E-state index contributed by atoms with van der Waals surface area (Å²) in [7, 11) is 0. The van der Waals surface area contributed by atoms with Crippen molar-refractivity contribution in [1.82, 2.24) is 25.0 Å². The maximum atomic E-state index is 5.98. The van der Waals surface area contributed by atoms with E-state index in [9.17, 15) is 0 Å². The van der Waals surface area contributed by atoms with Gasteiger partial charge in [0.2, 0.25) is 5.88 Å². The average molecular weight is 323 g/mol. The summed E-state index contributed by atoms with van der Waals surface area (Å²) in [5, 5.41) is 8.75. The first-order valence-electron chi connectivity index (χ1n) is 7.21. The van der Waals surface area contributed by atoms with Crippen LogP contribution in [0.5, 0.6) is 11.6 Å². The standard InChI is InChI=1S/C16H13N5OS/c1-2-13-9-14-15(17-10-18-16(14)23-13)22-12-5-3-4-11(8-12)21-7-6-19-20-21/h3-10H,2H2,1H3. The first-order valence-corrected chi connectivity index (χ1v) is 8.03. The van der Waals surface area contributed by atoms with E-state index in [1.807, 2.05) is 24.3 Å². The van der Waals surface area contributed by atoms with Gasteiger partial charge >= 0.3 is 0 Å². The number of fused-ring (bicyclic) bond motifs is 1. The second-order valence-electron chi connectivity index (χ2n) is 4.91. The molecule has 6 nitrogen and oxygen atoms in total. The van der Waals surface area contributed by atoms with Gasteiger partial charge in [0.05, 0.1) is 23.5 Å². The Kier molecular flexibility index (Phi) is 3.47. The van der Waals surface area contributed by atoms with E-state index in [1.54, 1.807) is 28.4 Å². The van der Waals surface area contributed by atoms with Gasteiger partial charge in [0.15, 0.2) is 0 Å². The second kappa shape index (κ2) is 5.77. The molecule has 114 valence electrons. The molecule has 0 radical (unpaired) electrons. The molecule has 0 fully saturated rings. The maximum Gasteiger partial charge on any atom is 0.231 e. The van der Waals surface area contributed by atoms with E-state index in [0.717, 1.165) is 22.3 Å². The van der Waals surface area contributed by atoms with Crippen LogP contribution in [0.15, 0.2) is 49.1 Å². The lowest BCUT2D eigenvalue weighted by Gasteiger charge is -2.07. The van der Waals surface area contributed by atoms with Crippen LogP contribution in [0, 0.1) is 0 Å². The van der Waals surface area contributed by atoms with Gasteiger partial charge in [-0.25, -0.2) is 14.6 Å². The third-order valence-electron chi connectivity index (χ3n) is 3.41. The van der Waals surface area contributed by atoms with E-state index < -0.39 is 0 Å². The predicted molar refractivity (Wildman–Crippen MR) is 88.2 cm³/mol. The summed E-state index contributed by atoms with van der Waals surface area (Å²) in [6.45, 7) is 2.13. The minimum atomic E-state index is 0.571. The highest BCUT2D eigenvalue weighted by Crippen LogP contribution is 2.32. The molecule has 0 aliphatic carbocycles. The number of rotatable bonds is 4. The van der Waals surface area contributed by atoms with Crippen LogP contribution in [0.4, 0.5) is 0 Å². The fraction of sp³-hybridized carbons (Fsp3) is 0.125. The van der Waals surface area contributed by atoms with Crippen molar-refractivity contribution >= 4 is 21.6 Å². The molecule has 0 spiro atoms. The Morgan fingerprint density at radius 2 is 2.17 bits per heavy atom. The van der Waals surface area contributed by atoms with E-state index in [1.165, 1.54) is 11.2 Å². The van der Waals surface area contributed by atoms with E-state index in [4.69, 9.17) is 4.74 Å². The molecule has 3 aromatic heterocycles. The van der Waals surface area contributed by atoms with Gasteiger partial charge in [-0.1, -0.05) is 18.2 Å². The van der Waals surface area contributed by atoms with Crippen molar-refractivity contribution in [2.24, 2.45) is 0 Å². The van der Waals surface area contributed by atoms with E-state index >= 15 is 0 Å². The highest BCUT2D eigenvalue weighted by atomic mass is 32.1. The molecule has 0 N–H and O–H groups in total. The van der Waals surface area contributed by atoms with E-state index in [0.29, 0.717) is 11.6 Å². The lowest BCUT2D eigenvalue weighted by atomic mass is 10.3. The fourth-order valence-electron chi connectivity index (χ4n) is 2.29. The summed E-state index contributed by atoms with van der Waals surface area (Å²) >= 11 is 1.67. The second-order valence-corrected chi connectivity index (χ2v) is 6.03. The van der Waals surface area contributed by atoms with Crippen LogP contribution in [0.3, 0.4) is 0 Å². The molecule has 0 aliphatic heterocycles. The Balaban J connectivity index is 1.71. The molecule has 0 saturated carbocycles. The van der Waals surface area contributed by atoms with Crippen molar-refractivity contribution in [3.63, 3.8) is 0 Å². The Labute approximate surface area is 136 Å². The van der Waals surface area contributed by atoms with Crippen LogP contribution in [0.2, 0.25) is 0 Å². The zero-order valence-electron chi connectivity index (χ0n) is 12.4.